The molecule has 0 aromatic heterocycles. The highest BCUT2D eigenvalue weighted by Crippen LogP contribution is 1.83. The zero-order valence-electron chi connectivity index (χ0n) is 8.79. The van der Waals surface area contributed by atoms with E-state index in [4.69, 9.17) is 4.74 Å². The van der Waals surface area contributed by atoms with Gasteiger partial charge >= 0.3 is 5.97 Å². The quantitative estimate of drug-likeness (QED) is 0.291. The van der Waals surface area contributed by atoms with E-state index in [1.165, 1.54) is 14.2 Å². The molecule has 5 heteroatoms. The van der Waals surface area contributed by atoms with Gasteiger partial charge in [-0.3, -0.25) is 0 Å². The number of hydrogen-bond donors (Lipinski definition) is 0. The molecule has 5 nitrogen and oxygen atoms in total. The van der Waals surface area contributed by atoms with Gasteiger partial charge in [0, 0.05) is 6.92 Å². The summed E-state index contributed by atoms with van der Waals surface area (Å²) in [5.41, 5.74) is 0. The molecule has 13 heavy (non-hydrogen) atoms. The molecule has 78 valence electrons. The monoisotopic (exact) mass is 191 g/mol. The van der Waals surface area contributed by atoms with Crippen LogP contribution in [0.2, 0.25) is 0 Å². The minimum Gasteiger partial charge on any atom is -0.467 e. The number of methoxy groups -OCH3 is 1. The van der Waals surface area contributed by atoms with Gasteiger partial charge in [-0.1, -0.05) is 19.0 Å². The molecule has 0 N–H and O–H groups in total. The minimum absolute atomic E-state index is 0.144. The molecule has 0 amide bonds. The zero-order chi connectivity index (χ0) is 10.7. The molecule has 0 aromatic carbocycles. The molecule has 0 aliphatic carbocycles. The molecule has 0 fully saturated rings. The first-order valence-electron chi connectivity index (χ1n) is 3.98. The van der Waals surface area contributed by atoms with Gasteiger partial charge in [-0.05, 0) is 0 Å². The van der Waals surface area contributed by atoms with Gasteiger partial charge in [-0.2, -0.15) is 0 Å². The maximum Gasteiger partial charge on any atom is 0.343 e. The highest BCUT2D eigenvalue weighted by molar-refractivity contribution is 5.77. The van der Waals surface area contributed by atoms with Crippen LogP contribution in [-0.4, -0.2) is 32.7 Å². The Balaban J connectivity index is 0. The lowest BCUT2D eigenvalue weighted by Crippen LogP contribution is -2.13. The Kier molecular flexibility index (Phi) is 11.8. The van der Waals surface area contributed by atoms with Gasteiger partial charge in [0.25, 0.3) is 0 Å². The highest BCUT2D eigenvalue weighted by atomic mass is 16.6. The molecule has 0 atom stereocenters. The van der Waals surface area contributed by atoms with Crippen molar-refractivity contribution in [3.8, 4) is 0 Å². The van der Waals surface area contributed by atoms with Crippen molar-refractivity contribution in [3.63, 3.8) is 0 Å². The SMILES string of the molecule is CC.CO/N=C(/C)OCC(=O)OC. The lowest BCUT2D eigenvalue weighted by Gasteiger charge is -2.01. The number of rotatable bonds is 3. The van der Waals surface area contributed by atoms with E-state index in [1.54, 1.807) is 6.92 Å². The van der Waals surface area contributed by atoms with Crippen LogP contribution in [0, 0.1) is 0 Å². The number of hydrogen-bond acceptors (Lipinski definition) is 5. The highest BCUT2D eigenvalue weighted by Gasteiger charge is 2.00. The predicted octanol–water partition coefficient (Wildman–Crippen LogP) is 1.18. The summed E-state index contributed by atoms with van der Waals surface area (Å²) in [6.45, 7) is 5.43. The summed E-state index contributed by atoms with van der Waals surface area (Å²) < 4.78 is 9.10. The van der Waals surface area contributed by atoms with Gasteiger partial charge in [-0.15, -0.1) is 0 Å². The first-order chi connectivity index (χ1) is 6.20. The van der Waals surface area contributed by atoms with Crippen molar-refractivity contribution in [2.75, 3.05) is 20.8 Å². The van der Waals surface area contributed by atoms with Crippen LogP contribution in [0.3, 0.4) is 0 Å². The molecule has 0 spiro atoms. The molecule has 0 radical (unpaired) electrons. The summed E-state index contributed by atoms with van der Waals surface area (Å²) in [4.78, 5) is 14.9. The van der Waals surface area contributed by atoms with Gasteiger partial charge in [-0.25, -0.2) is 4.79 Å². The Hall–Kier alpha value is -1.26. The molecule has 0 saturated carbocycles. The third-order valence-electron chi connectivity index (χ3n) is 0.846. The first-order valence-corrected chi connectivity index (χ1v) is 3.98. The van der Waals surface area contributed by atoms with Gasteiger partial charge < -0.3 is 14.3 Å². The lowest BCUT2D eigenvalue weighted by molar-refractivity contribution is -0.143. The first kappa shape index (κ1) is 14.3. The van der Waals surface area contributed by atoms with E-state index < -0.39 is 5.97 Å². The number of oxime groups is 1. The second-order valence-corrected chi connectivity index (χ2v) is 1.66. The lowest BCUT2D eigenvalue weighted by atomic mass is 10.7. The maximum absolute atomic E-state index is 10.5. The Morgan fingerprint density at radius 1 is 1.31 bits per heavy atom. The van der Waals surface area contributed by atoms with E-state index in [0.717, 1.165) is 0 Å². The summed E-state index contributed by atoms with van der Waals surface area (Å²) in [5, 5.41) is 3.42. The van der Waals surface area contributed by atoms with Crippen LogP contribution < -0.4 is 0 Å². The van der Waals surface area contributed by atoms with Crippen LogP contribution in [-0.2, 0) is 19.1 Å². The summed E-state index contributed by atoms with van der Waals surface area (Å²) in [6, 6.07) is 0. The number of esters is 1. The average molecular weight is 191 g/mol. The van der Waals surface area contributed by atoms with E-state index in [-0.39, 0.29) is 12.5 Å². The molecule has 0 aliphatic heterocycles. The van der Waals surface area contributed by atoms with Gasteiger partial charge in [0.1, 0.15) is 7.11 Å². The molecule has 0 heterocycles. The molecule has 0 bridgehead atoms. The molecule has 0 unspecified atom stereocenters. The summed E-state index contributed by atoms with van der Waals surface area (Å²) >= 11 is 0. The van der Waals surface area contributed by atoms with Crippen molar-refractivity contribution < 1.29 is 19.1 Å². The van der Waals surface area contributed by atoms with Crippen molar-refractivity contribution in [2.45, 2.75) is 20.8 Å². The van der Waals surface area contributed by atoms with Gasteiger partial charge in [0.15, 0.2) is 6.61 Å². The van der Waals surface area contributed by atoms with Crippen LogP contribution in [0.1, 0.15) is 20.8 Å². The Morgan fingerprint density at radius 2 is 1.85 bits per heavy atom. The second kappa shape index (κ2) is 10.7. The predicted molar refractivity (Wildman–Crippen MR) is 49.4 cm³/mol. The molecule has 0 rings (SSSR count). The van der Waals surface area contributed by atoms with Gasteiger partial charge in [0.2, 0.25) is 5.90 Å². The molecule has 0 saturated heterocycles. The molecular weight excluding hydrogens is 174 g/mol. The van der Waals surface area contributed by atoms with Gasteiger partial charge in [0.05, 0.1) is 7.11 Å². The normalized spacial score (nSPS) is 9.46. The number of carbonyl (C=O) groups is 1. The Morgan fingerprint density at radius 3 is 2.23 bits per heavy atom. The summed E-state index contributed by atoms with van der Waals surface area (Å²) in [7, 11) is 2.68. The van der Waals surface area contributed by atoms with E-state index in [9.17, 15) is 4.79 Å². The topological polar surface area (TPSA) is 57.1 Å². The zero-order valence-corrected chi connectivity index (χ0v) is 8.79. The second-order valence-electron chi connectivity index (χ2n) is 1.66. The molecule has 0 aromatic rings. The fourth-order valence-corrected chi connectivity index (χ4v) is 0.377. The fourth-order valence-electron chi connectivity index (χ4n) is 0.377. The van der Waals surface area contributed by atoms with Crippen LogP contribution >= 0.6 is 0 Å². The summed E-state index contributed by atoms with van der Waals surface area (Å²) in [5.74, 6) is -0.159. The van der Waals surface area contributed by atoms with E-state index in [0.29, 0.717) is 0 Å². The standard InChI is InChI=1S/C6H11NO4.C2H6/c1-5(7-10-3)11-4-6(8)9-2;1-2/h4H2,1-3H3;1-2H3/b7-5-;. The number of carbonyl (C=O) groups excluding carboxylic acids is 1. The van der Waals surface area contributed by atoms with E-state index in [1.807, 2.05) is 13.8 Å². The molecule has 0 aliphatic rings. The van der Waals surface area contributed by atoms with E-state index >= 15 is 0 Å². The third-order valence-corrected chi connectivity index (χ3v) is 0.846. The van der Waals surface area contributed by atoms with Crippen molar-refractivity contribution >= 4 is 11.9 Å². The largest absolute Gasteiger partial charge is 0.467 e. The van der Waals surface area contributed by atoms with Crippen molar-refractivity contribution in [1.82, 2.24) is 0 Å². The smallest absolute Gasteiger partial charge is 0.343 e. The van der Waals surface area contributed by atoms with Crippen molar-refractivity contribution in [2.24, 2.45) is 5.16 Å². The van der Waals surface area contributed by atoms with Crippen LogP contribution in [0.5, 0.6) is 0 Å². The Bertz CT molecular complexity index is 156. The fraction of sp³-hybridized carbons (Fsp3) is 0.750. The Labute approximate surface area is 78.7 Å². The van der Waals surface area contributed by atoms with Crippen molar-refractivity contribution in [1.29, 1.82) is 0 Å². The minimum atomic E-state index is -0.448. The number of nitrogens with zero attached hydrogens (tertiary/aromatic N) is 1. The van der Waals surface area contributed by atoms with Crippen LogP contribution in [0.25, 0.3) is 0 Å². The van der Waals surface area contributed by atoms with Crippen LogP contribution in [0.15, 0.2) is 5.16 Å². The summed E-state index contributed by atoms with van der Waals surface area (Å²) in [6.07, 6.45) is 0. The van der Waals surface area contributed by atoms with E-state index in [2.05, 4.69) is 14.7 Å². The number of ether oxygens (including phenoxy) is 2. The van der Waals surface area contributed by atoms with Crippen molar-refractivity contribution in [3.05, 3.63) is 0 Å². The average Bonchev–Trinajstić information content (AvgIpc) is 2.18. The third kappa shape index (κ3) is 10.7. The maximum atomic E-state index is 10.5. The van der Waals surface area contributed by atoms with Crippen LogP contribution in [0.4, 0.5) is 0 Å². The molecular formula is C8H17NO4.